The topological polar surface area (TPSA) is 78.4 Å². The number of aliphatic hydroxyl groups is 1. The summed E-state index contributed by atoms with van der Waals surface area (Å²) >= 11 is 5.83. The Balaban J connectivity index is 1.69. The van der Waals surface area contributed by atoms with Gasteiger partial charge in [-0.15, -0.1) is 0 Å². The summed E-state index contributed by atoms with van der Waals surface area (Å²) in [5.41, 5.74) is 0.542. The van der Waals surface area contributed by atoms with Crippen molar-refractivity contribution in [3.8, 4) is 0 Å². The van der Waals surface area contributed by atoms with Gasteiger partial charge in [0.1, 0.15) is 0 Å². The first-order chi connectivity index (χ1) is 11.2. The van der Waals surface area contributed by atoms with E-state index < -0.39 is 0 Å². The summed E-state index contributed by atoms with van der Waals surface area (Å²) in [5, 5.41) is 13.1. The maximum atomic E-state index is 12.3. The summed E-state index contributed by atoms with van der Waals surface area (Å²) in [6.45, 7) is 1.16. The fourth-order valence-corrected chi connectivity index (χ4v) is 2.82. The third-order valence-electron chi connectivity index (χ3n) is 3.93. The second-order valence-corrected chi connectivity index (χ2v) is 5.92. The summed E-state index contributed by atoms with van der Waals surface area (Å²) in [6.07, 6.45) is 3.35. The van der Waals surface area contributed by atoms with Crippen molar-refractivity contribution in [1.82, 2.24) is 15.3 Å². The predicted octanol–water partition coefficient (Wildman–Crippen LogP) is 1.36. The number of carbonyl (C=O) groups is 1. The second kappa shape index (κ2) is 6.93. The average molecular weight is 333 g/mol. The van der Waals surface area contributed by atoms with Crippen LogP contribution >= 0.6 is 11.6 Å². The number of nitrogens with zero attached hydrogens (tertiary/aromatic N) is 3. The molecular weight excluding hydrogens is 316 g/mol. The summed E-state index contributed by atoms with van der Waals surface area (Å²) in [4.78, 5) is 22.7. The van der Waals surface area contributed by atoms with E-state index in [0.717, 1.165) is 0 Å². The Morgan fingerprint density at radius 1 is 1.26 bits per heavy atom. The van der Waals surface area contributed by atoms with Crippen LogP contribution in [0.1, 0.15) is 10.4 Å². The standard InChI is InChI=1S/C16H17ClN4O2/c17-13-4-2-11(3-5-13)15(23)20-14-9-21(8-12(14)10-22)16-18-6-1-7-19-16/h1-7,12,14,22H,8-10H2,(H,20,23). The molecule has 0 bridgehead atoms. The number of nitrogens with one attached hydrogen (secondary N) is 1. The minimum absolute atomic E-state index is 0.00506. The van der Waals surface area contributed by atoms with Crippen LogP contribution in [0.15, 0.2) is 42.7 Å². The molecule has 1 aromatic heterocycles. The number of benzene rings is 1. The van der Waals surface area contributed by atoms with Crippen molar-refractivity contribution in [2.45, 2.75) is 6.04 Å². The zero-order valence-electron chi connectivity index (χ0n) is 12.4. The molecule has 120 valence electrons. The van der Waals surface area contributed by atoms with Gasteiger partial charge in [-0.25, -0.2) is 9.97 Å². The molecule has 2 aromatic rings. The van der Waals surface area contributed by atoms with Crippen LogP contribution in [-0.4, -0.2) is 46.7 Å². The largest absolute Gasteiger partial charge is 0.396 e. The number of rotatable bonds is 4. The van der Waals surface area contributed by atoms with Crippen LogP contribution in [0.5, 0.6) is 0 Å². The van der Waals surface area contributed by atoms with E-state index in [-0.39, 0.29) is 24.5 Å². The summed E-state index contributed by atoms with van der Waals surface area (Å²) in [7, 11) is 0. The highest BCUT2D eigenvalue weighted by molar-refractivity contribution is 6.30. The van der Waals surface area contributed by atoms with E-state index in [1.165, 1.54) is 0 Å². The molecule has 1 amide bonds. The highest BCUT2D eigenvalue weighted by atomic mass is 35.5. The number of halogens is 1. The van der Waals surface area contributed by atoms with Crippen LogP contribution in [-0.2, 0) is 0 Å². The molecule has 0 radical (unpaired) electrons. The van der Waals surface area contributed by atoms with Crippen molar-refractivity contribution in [3.05, 3.63) is 53.3 Å². The van der Waals surface area contributed by atoms with Crippen LogP contribution in [0, 0.1) is 5.92 Å². The molecule has 6 nitrogen and oxygen atoms in total. The van der Waals surface area contributed by atoms with E-state index in [0.29, 0.717) is 29.6 Å². The maximum absolute atomic E-state index is 12.3. The quantitative estimate of drug-likeness (QED) is 0.884. The molecule has 2 atom stereocenters. The Morgan fingerprint density at radius 3 is 2.61 bits per heavy atom. The summed E-state index contributed by atoms with van der Waals surface area (Å²) in [5.74, 6) is 0.366. The van der Waals surface area contributed by atoms with Gasteiger partial charge in [0.25, 0.3) is 5.91 Å². The molecule has 1 aliphatic heterocycles. The molecule has 3 rings (SSSR count). The lowest BCUT2D eigenvalue weighted by Gasteiger charge is -2.18. The number of aliphatic hydroxyl groups excluding tert-OH is 1. The van der Waals surface area contributed by atoms with Crippen LogP contribution in [0.25, 0.3) is 0 Å². The minimum atomic E-state index is -0.180. The number of carbonyl (C=O) groups excluding carboxylic acids is 1. The van der Waals surface area contributed by atoms with Gasteiger partial charge in [0.05, 0.1) is 6.04 Å². The van der Waals surface area contributed by atoms with E-state index in [1.807, 2.05) is 4.90 Å². The molecule has 1 saturated heterocycles. The smallest absolute Gasteiger partial charge is 0.251 e. The molecule has 2 heterocycles. The van der Waals surface area contributed by atoms with Gasteiger partial charge in [0, 0.05) is 48.6 Å². The lowest BCUT2D eigenvalue weighted by Crippen LogP contribution is -2.41. The summed E-state index contributed by atoms with van der Waals surface area (Å²) < 4.78 is 0. The lowest BCUT2D eigenvalue weighted by molar-refractivity contribution is 0.0921. The average Bonchev–Trinajstić information content (AvgIpc) is 2.99. The Labute approximate surface area is 139 Å². The minimum Gasteiger partial charge on any atom is -0.396 e. The van der Waals surface area contributed by atoms with Gasteiger partial charge in [-0.1, -0.05) is 11.6 Å². The number of aromatic nitrogens is 2. The van der Waals surface area contributed by atoms with Gasteiger partial charge in [0.15, 0.2) is 0 Å². The zero-order chi connectivity index (χ0) is 16.2. The number of amides is 1. The molecule has 0 aliphatic carbocycles. The highest BCUT2D eigenvalue weighted by Crippen LogP contribution is 2.21. The first-order valence-electron chi connectivity index (χ1n) is 7.36. The third-order valence-corrected chi connectivity index (χ3v) is 4.19. The summed E-state index contributed by atoms with van der Waals surface area (Å²) in [6, 6.07) is 8.31. The Bertz CT molecular complexity index is 666. The van der Waals surface area contributed by atoms with Gasteiger partial charge in [-0.3, -0.25) is 4.79 Å². The highest BCUT2D eigenvalue weighted by Gasteiger charge is 2.34. The van der Waals surface area contributed by atoms with E-state index in [4.69, 9.17) is 11.6 Å². The van der Waals surface area contributed by atoms with E-state index >= 15 is 0 Å². The molecule has 2 unspecified atom stereocenters. The SMILES string of the molecule is O=C(NC1CN(c2ncccn2)CC1CO)c1ccc(Cl)cc1. The molecule has 1 aromatic carbocycles. The van der Waals surface area contributed by atoms with Gasteiger partial charge in [-0.2, -0.15) is 0 Å². The van der Waals surface area contributed by atoms with Crippen LogP contribution in [0.3, 0.4) is 0 Å². The Morgan fingerprint density at radius 2 is 1.96 bits per heavy atom. The van der Waals surface area contributed by atoms with Crippen molar-refractivity contribution in [2.24, 2.45) is 5.92 Å². The zero-order valence-corrected chi connectivity index (χ0v) is 13.1. The van der Waals surface area contributed by atoms with Crippen molar-refractivity contribution in [3.63, 3.8) is 0 Å². The fraction of sp³-hybridized carbons (Fsp3) is 0.312. The van der Waals surface area contributed by atoms with Gasteiger partial charge >= 0.3 is 0 Å². The lowest BCUT2D eigenvalue weighted by atomic mass is 10.0. The molecular formula is C16H17ClN4O2. The number of anilines is 1. The van der Waals surface area contributed by atoms with E-state index in [9.17, 15) is 9.90 Å². The maximum Gasteiger partial charge on any atom is 0.251 e. The van der Waals surface area contributed by atoms with Crippen molar-refractivity contribution in [2.75, 3.05) is 24.6 Å². The first-order valence-corrected chi connectivity index (χ1v) is 7.74. The van der Waals surface area contributed by atoms with Crippen LogP contribution < -0.4 is 10.2 Å². The monoisotopic (exact) mass is 332 g/mol. The Hall–Kier alpha value is -2.18. The van der Waals surface area contributed by atoms with Gasteiger partial charge in [-0.05, 0) is 30.3 Å². The molecule has 1 fully saturated rings. The van der Waals surface area contributed by atoms with E-state index in [1.54, 1.807) is 42.7 Å². The molecule has 0 saturated carbocycles. The van der Waals surface area contributed by atoms with Crippen molar-refractivity contribution in [1.29, 1.82) is 0 Å². The van der Waals surface area contributed by atoms with Gasteiger partial charge < -0.3 is 15.3 Å². The number of hydrogen-bond donors (Lipinski definition) is 2. The first kappa shape index (κ1) is 15.7. The normalized spacial score (nSPS) is 20.5. The number of hydrogen-bond acceptors (Lipinski definition) is 5. The van der Waals surface area contributed by atoms with E-state index in [2.05, 4.69) is 15.3 Å². The third kappa shape index (κ3) is 3.60. The van der Waals surface area contributed by atoms with Crippen LogP contribution in [0.4, 0.5) is 5.95 Å². The molecule has 2 N–H and O–H groups in total. The fourth-order valence-electron chi connectivity index (χ4n) is 2.69. The molecule has 1 aliphatic rings. The van der Waals surface area contributed by atoms with Crippen LogP contribution in [0.2, 0.25) is 5.02 Å². The second-order valence-electron chi connectivity index (χ2n) is 5.48. The van der Waals surface area contributed by atoms with Crippen molar-refractivity contribution < 1.29 is 9.90 Å². The van der Waals surface area contributed by atoms with Crippen molar-refractivity contribution >= 4 is 23.5 Å². The van der Waals surface area contributed by atoms with Gasteiger partial charge in [0.2, 0.25) is 5.95 Å². The Kier molecular flexibility index (Phi) is 4.73. The predicted molar refractivity (Wildman–Crippen MR) is 87.5 cm³/mol. The molecule has 7 heteroatoms. The molecule has 0 spiro atoms. The molecule has 23 heavy (non-hydrogen) atoms.